The van der Waals surface area contributed by atoms with Gasteiger partial charge < -0.3 is 9.84 Å². The molecule has 0 bridgehead atoms. The lowest BCUT2D eigenvalue weighted by Crippen LogP contribution is -2.17. The lowest BCUT2D eigenvalue weighted by molar-refractivity contribution is 0.409. The van der Waals surface area contributed by atoms with Crippen molar-refractivity contribution in [2.24, 2.45) is 0 Å². The average molecular weight is 221 g/mol. The number of nitrogens with zero attached hydrogens (tertiary/aromatic N) is 2. The summed E-state index contributed by atoms with van der Waals surface area (Å²) in [6.07, 6.45) is 2.03. The molecule has 0 aliphatic carbocycles. The second kappa shape index (κ2) is 5.37. The van der Waals surface area contributed by atoms with Gasteiger partial charge in [0.15, 0.2) is 5.82 Å². The third kappa shape index (κ3) is 3.13. The summed E-state index contributed by atoms with van der Waals surface area (Å²) in [7, 11) is 0. The van der Waals surface area contributed by atoms with Gasteiger partial charge >= 0.3 is 0 Å². The van der Waals surface area contributed by atoms with Crippen LogP contribution in [0.15, 0.2) is 35.2 Å². The van der Waals surface area contributed by atoms with Gasteiger partial charge in [0, 0.05) is 19.5 Å². The molecule has 0 amide bonds. The van der Waals surface area contributed by atoms with E-state index >= 15 is 0 Å². The Morgan fingerprint density at radius 3 is 2.75 bits per heavy atom. The third-order valence-electron chi connectivity index (χ3n) is 2.17. The SMILES string of the molecule is Fc1ccc(CNCCc2ncon2)cc1. The smallest absolute Gasteiger partial charge is 0.213 e. The van der Waals surface area contributed by atoms with Crippen molar-refractivity contribution in [2.45, 2.75) is 13.0 Å². The maximum atomic E-state index is 12.6. The fourth-order valence-electron chi connectivity index (χ4n) is 1.34. The Balaban J connectivity index is 1.70. The third-order valence-corrected chi connectivity index (χ3v) is 2.17. The van der Waals surface area contributed by atoms with Crippen LogP contribution >= 0.6 is 0 Å². The van der Waals surface area contributed by atoms with Crippen molar-refractivity contribution in [2.75, 3.05) is 6.54 Å². The molecule has 0 radical (unpaired) electrons. The van der Waals surface area contributed by atoms with Crippen LogP contribution in [0.4, 0.5) is 4.39 Å². The van der Waals surface area contributed by atoms with Crippen LogP contribution in [0, 0.1) is 5.82 Å². The Morgan fingerprint density at radius 2 is 2.06 bits per heavy atom. The summed E-state index contributed by atoms with van der Waals surface area (Å²) in [5, 5.41) is 6.91. The van der Waals surface area contributed by atoms with Crippen molar-refractivity contribution in [3.05, 3.63) is 47.9 Å². The number of hydrogen-bond donors (Lipinski definition) is 1. The molecule has 5 heteroatoms. The highest BCUT2D eigenvalue weighted by Crippen LogP contribution is 2.01. The van der Waals surface area contributed by atoms with Gasteiger partial charge in [-0.2, -0.15) is 4.98 Å². The normalized spacial score (nSPS) is 10.6. The minimum absolute atomic E-state index is 0.212. The van der Waals surface area contributed by atoms with E-state index in [2.05, 4.69) is 20.0 Å². The zero-order valence-corrected chi connectivity index (χ0v) is 8.69. The monoisotopic (exact) mass is 221 g/mol. The van der Waals surface area contributed by atoms with Gasteiger partial charge in [0.2, 0.25) is 6.39 Å². The van der Waals surface area contributed by atoms with E-state index < -0.39 is 0 Å². The quantitative estimate of drug-likeness (QED) is 0.778. The van der Waals surface area contributed by atoms with Crippen LogP contribution in [0.1, 0.15) is 11.4 Å². The standard InChI is InChI=1S/C11H12FN3O/c12-10-3-1-9(2-4-10)7-13-6-5-11-14-8-16-15-11/h1-4,8,13H,5-7H2. The van der Waals surface area contributed by atoms with E-state index in [1.165, 1.54) is 18.5 Å². The second-order valence-corrected chi connectivity index (χ2v) is 3.40. The largest absolute Gasteiger partial charge is 0.343 e. The van der Waals surface area contributed by atoms with Crippen molar-refractivity contribution in [3.63, 3.8) is 0 Å². The molecule has 1 aromatic heterocycles. The minimum Gasteiger partial charge on any atom is -0.343 e. The number of halogens is 1. The van der Waals surface area contributed by atoms with E-state index in [1.54, 1.807) is 12.1 Å². The Bertz CT molecular complexity index is 413. The number of hydrogen-bond acceptors (Lipinski definition) is 4. The summed E-state index contributed by atoms with van der Waals surface area (Å²) >= 11 is 0. The summed E-state index contributed by atoms with van der Waals surface area (Å²) < 4.78 is 17.2. The molecule has 1 aromatic carbocycles. The summed E-state index contributed by atoms with van der Waals surface area (Å²) in [6, 6.07) is 6.43. The summed E-state index contributed by atoms with van der Waals surface area (Å²) in [4.78, 5) is 3.91. The molecule has 84 valence electrons. The Morgan fingerprint density at radius 1 is 1.25 bits per heavy atom. The molecule has 2 aromatic rings. The van der Waals surface area contributed by atoms with Gasteiger partial charge in [-0.1, -0.05) is 17.3 Å². The number of aromatic nitrogens is 2. The summed E-state index contributed by atoms with van der Waals surface area (Å²) in [6.45, 7) is 1.47. The Labute approximate surface area is 92.5 Å². The molecule has 2 rings (SSSR count). The van der Waals surface area contributed by atoms with Gasteiger partial charge in [0.1, 0.15) is 5.82 Å². The fourth-order valence-corrected chi connectivity index (χ4v) is 1.34. The van der Waals surface area contributed by atoms with Crippen LogP contribution in [-0.2, 0) is 13.0 Å². The maximum absolute atomic E-state index is 12.6. The molecule has 0 saturated carbocycles. The van der Waals surface area contributed by atoms with Gasteiger partial charge in [-0.25, -0.2) is 4.39 Å². The van der Waals surface area contributed by atoms with Gasteiger partial charge in [0.25, 0.3) is 0 Å². The molecule has 16 heavy (non-hydrogen) atoms. The lowest BCUT2D eigenvalue weighted by atomic mass is 10.2. The van der Waals surface area contributed by atoms with Crippen LogP contribution in [-0.4, -0.2) is 16.7 Å². The molecule has 0 spiro atoms. The highest BCUT2D eigenvalue weighted by molar-refractivity contribution is 5.15. The van der Waals surface area contributed by atoms with Gasteiger partial charge in [-0.3, -0.25) is 0 Å². The van der Waals surface area contributed by atoms with E-state index in [1.807, 2.05) is 0 Å². The van der Waals surface area contributed by atoms with Crippen LogP contribution in [0.2, 0.25) is 0 Å². The molecule has 4 nitrogen and oxygen atoms in total. The van der Waals surface area contributed by atoms with Gasteiger partial charge in [-0.15, -0.1) is 0 Å². The second-order valence-electron chi connectivity index (χ2n) is 3.40. The van der Waals surface area contributed by atoms with Gasteiger partial charge in [0.05, 0.1) is 0 Å². The number of benzene rings is 1. The first-order valence-corrected chi connectivity index (χ1v) is 5.05. The van der Waals surface area contributed by atoms with Crippen molar-refractivity contribution in [3.8, 4) is 0 Å². The van der Waals surface area contributed by atoms with Crippen molar-refractivity contribution in [1.29, 1.82) is 0 Å². The van der Waals surface area contributed by atoms with Crippen molar-refractivity contribution < 1.29 is 8.91 Å². The first-order valence-electron chi connectivity index (χ1n) is 5.05. The summed E-state index contributed by atoms with van der Waals surface area (Å²) in [5.41, 5.74) is 1.05. The molecule has 0 aliphatic heterocycles. The fraction of sp³-hybridized carbons (Fsp3) is 0.273. The van der Waals surface area contributed by atoms with Gasteiger partial charge in [-0.05, 0) is 17.7 Å². The van der Waals surface area contributed by atoms with Crippen LogP contribution in [0.25, 0.3) is 0 Å². The topological polar surface area (TPSA) is 51.0 Å². The van der Waals surface area contributed by atoms with E-state index in [-0.39, 0.29) is 5.82 Å². The van der Waals surface area contributed by atoms with Crippen LogP contribution < -0.4 is 5.32 Å². The van der Waals surface area contributed by atoms with E-state index in [0.717, 1.165) is 18.5 Å². The Kier molecular flexibility index (Phi) is 3.61. The molecule has 0 fully saturated rings. The Hall–Kier alpha value is -1.75. The predicted octanol–water partition coefficient (Wildman–Crippen LogP) is 1.54. The molecular formula is C11H12FN3O. The van der Waals surface area contributed by atoms with Crippen molar-refractivity contribution in [1.82, 2.24) is 15.5 Å². The zero-order chi connectivity index (χ0) is 11.2. The maximum Gasteiger partial charge on any atom is 0.213 e. The number of nitrogens with one attached hydrogen (secondary N) is 1. The number of rotatable bonds is 5. The minimum atomic E-state index is -0.212. The molecule has 0 atom stereocenters. The lowest BCUT2D eigenvalue weighted by Gasteiger charge is -2.02. The van der Waals surface area contributed by atoms with Crippen LogP contribution in [0.3, 0.4) is 0 Å². The van der Waals surface area contributed by atoms with E-state index in [0.29, 0.717) is 12.4 Å². The average Bonchev–Trinajstić information content (AvgIpc) is 2.80. The highest BCUT2D eigenvalue weighted by atomic mass is 19.1. The first-order chi connectivity index (χ1) is 7.84. The molecule has 0 saturated heterocycles. The van der Waals surface area contributed by atoms with Crippen molar-refractivity contribution >= 4 is 0 Å². The first kappa shape index (κ1) is 10.8. The van der Waals surface area contributed by atoms with E-state index in [4.69, 9.17) is 0 Å². The molecule has 1 heterocycles. The molecule has 0 aliphatic rings. The molecule has 0 unspecified atom stereocenters. The van der Waals surface area contributed by atoms with E-state index in [9.17, 15) is 4.39 Å². The van der Waals surface area contributed by atoms with Crippen LogP contribution in [0.5, 0.6) is 0 Å². The molecular weight excluding hydrogens is 209 g/mol. The predicted molar refractivity (Wildman–Crippen MR) is 56.1 cm³/mol. The zero-order valence-electron chi connectivity index (χ0n) is 8.69. The highest BCUT2D eigenvalue weighted by Gasteiger charge is 1.98. The molecule has 1 N–H and O–H groups in total. The summed E-state index contributed by atoms with van der Waals surface area (Å²) in [5.74, 6) is 0.474.